The first kappa shape index (κ1) is 30.5. The minimum Gasteiger partial charge on any atom is -0.484 e. The molecular formula is C34H43F3N6O2. The topological polar surface area (TPSA) is 115 Å². The molecule has 9 rings (SSSR count). The molecular weight excluding hydrogens is 581 g/mol. The zero-order chi connectivity index (χ0) is 31.3. The Kier molecular flexibility index (Phi) is 7.88. The first-order valence-corrected chi connectivity index (χ1v) is 16.5. The van der Waals surface area contributed by atoms with Crippen molar-refractivity contribution in [2.75, 3.05) is 30.3 Å². The summed E-state index contributed by atoms with van der Waals surface area (Å²) in [7, 11) is 0. The van der Waals surface area contributed by atoms with Gasteiger partial charge in [0, 0.05) is 31.2 Å². The lowest BCUT2D eigenvalue weighted by molar-refractivity contribution is -0.153. The molecule has 0 unspecified atom stereocenters. The quantitative estimate of drug-likeness (QED) is 0.234. The standard InChI is InChI=1S/C34H43F3N6O2/c35-34(36,37)21-45-27-4-2-1-3-23(27)17-39-30-40-18-26(16-38)29(43-30)42-20-32-13-22-11-24(14-32)28(25(12-22)15-32)41-19-31-5-8-33(44,9-6-31)10-7-31/h1-4,18,22,24-25,28,41,44H,5-15,17,19-21H2,(H2,39,40,42,43)/t22?,24-,25-,28?,31?,32?,33?/m0/s1. The number of alkyl halides is 3. The van der Waals surface area contributed by atoms with Gasteiger partial charge in [-0.1, -0.05) is 18.2 Å². The Morgan fingerprint density at radius 2 is 1.67 bits per heavy atom. The molecule has 11 heteroatoms. The van der Waals surface area contributed by atoms with Gasteiger partial charge in [-0.15, -0.1) is 0 Å². The number of para-hydroxylation sites is 1. The van der Waals surface area contributed by atoms with Crippen molar-refractivity contribution in [1.29, 1.82) is 5.26 Å². The maximum absolute atomic E-state index is 12.7. The van der Waals surface area contributed by atoms with E-state index >= 15 is 0 Å². The highest BCUT2D eigenvalue weighted by atomic mass is 19.4. The van der Waals surface area contributed by atoms with Gasteiger partial charge in [0.15, 0.2) is 6.61 Å². The van der Waals surface area contributed by atoms with E-state index in [4.69, 9.17) is 4.74 Å². The summed E-state index contributed by atoms with van der Waals surface area (Å²) >= 11 is 0. The van der Waals surface area contributed by atoms with Crippen molar-refractivity contribution >= 4 is 11.8 Å². The maximum atomic E-state index is 12.7. The van der Waals surface area contributed by atoms with E-state index in [0.717, 1.165) is 57.5 Å². The fraction of sp³-hybridized carbons (Fsp3) is 0.676. The lowest BCUT2D eigenvalue weighted by Crippen LogP contribution is -2.61. The van der Waals surface area contributed by atoms with Gasteiger partial charge in [-0.3, -0.25) is 0 Å². The van der Waals surface area contributed by atoms with Crippen LogP contribution < -0.4 is 20.7 Å². The van der Waals surface area contributed by atoms with Crippen LogP contribution in [0, 0.1) is 39.9 Å². The van der Waals surface area contributed by atoms with E-state index in [-0.39, 0.29) is 17.7 Å². The van der Waals surface area contributed by atoms with Crippen molar-refractivity contribution in [3.05, 3.63) is 41.6 Å². The summed E-state index contributed by atoms with van der Waals surface area (Å²) in [6, 6.07) is 9.33. The van der Waals surface area contributed by atoms with Crippen LogP contribution in [0.15, 0.2) is 30.5 Å². The van der Waals surface area contributed by atoms with Crippen LogP contribution >= 0.6 is 0 Å². The monoisotopic (exact) mass is 624 g/mol. The van der Waals surface area contributed by atoms with Gasteiger partial charge >= 0.3 is 6.18 Å². The minimum atomic E-state index is -4.43. The maximum Gasteiger partial charge on any atom is 0.422 e. The van der Waals surface area contributed by atoms with Gasteiger partial charge in [0.25, 0.3) is 0 Å². The molecule has 0 saturated heterocycles. The number of halogens is 3. The summed E-state index contributed by atoms with van der Waals surface area (Å²) < 4.78 is 43.1. The predicted molar refractivity (Wildman–Crippen MR) is 163 cm³/mol. The van der Waals surface area contributed by atoms with E-state index in [1.165, 1.54) is 44.4 Å². The number of benzene rings is 1. The second-order valence-electron chi connectivity index (χ2n) is 14.9. The highest BCUT2D eigenvalue weighted by Crippen LogP contribution is 2.60. The molecule has 8 nitrogen and oxygen atoms in total. The summed E-state index contributed by atoms with van der Waals surface area (Å²) in [5.74, 6) is 2.99. The number of anilines is 2. The molecule has 0 aliphatic heterocycles. The largest absolute Gasteiger partial charge is 0.484 e. The summed E-state index contributed by atoms with van der Waals surface area (Å²) in [4.78, 5) is 8.88. The third-order valence-corrected chi connectivity index (χ3v) is 11.8. The summed E-state index contributed by atoms with van der Waals surface area (Å²) in [5.41, 5.74) is 1.07. The number of hydrogen-bond donors (Lipinski definition) is 4. The van der Waals surface area contributed by atoms with E-state index in [1.54, 1.807) is 18.2 Å². The molecule has 7 aliphatic rings. The fourth-order valence-corrected chi connectivity index (χ4v) is 9.66. The van der Waals surface area contributed by atoms with Crippen LogP contribution in [-0.4, -0.2) is 52.6 Å². The lowest BCUT2D eigenvalue weighted by atomic mass is 9.47. The van der Waals surface area contributed by atoms with Crippen LogP contribution in [0.4, 0.5) is 24.9 Å². The van der Waals surface area contributed by atoms with Crippen LogP contribution in [0.5, 0.6) is 5.75 Å². The van der Waals surface area contributed by atoms with Crippen molar-refractivity contribution in [2.24, 2.45) is 28.6 Å². The predicted octanol–water partition coefficient (Wildman–Crippen LogP) is 6.18. The molecule has 7 aliphatic carbocycles. The zero-order valence-corrected chi connectivity index (χ0v) is 25.6. The number of nitrogens with one attached hydrogen (secondary N) is 3. The molecule has 0 spiro atoms. The molecule has 242 valence electrons. The molecule has 1 aromatic heterocycles. The zero-order valence-electron chi connectivity index (χ0n) is 25.6. The van der Waals surface area contributed by atoms with Crippen LogP contribution in [-0.2, 0) is 6.54 Å². The molecule has 6 bridgehead atoms. The fourth-order valence-electron chi connectivity index (χ4n) is 9.66. The minimum absolute atomic E-state index is 0.147. The van der Waals surface area contributed by atoms with Gasteiger partial charge < -0.3 is 25.8 Å². The first-order chi connectivity index (χ1) is 21.5. The van der Waals surface area contributed by atoms with Crippen LogP contribution in [0.25, 0.3) is 0 Å². The second kappa shape index (κ2) is 11.6. The van der Waals surface area contributed by atoms with Gasteiger partial charge in [-0.2, -0.15) is 23.4 Å². The molecule has 0 radical (unpaired) electrons. The molecule has 0 amide bonds. The normalized spacial score (nSPS) is 34.8. The van der Waals surface area contributed by atoms with Gasteiger partial charge in [-0.25, -0.2) is 4.98 Å². The Labute approximate surface area is 262 Å². The van der Waals surface area contributed by atoms with Crippen molar-refractivity contribution in [3.8, 4) is 11.8 Å². The Morgan fingerprint density at radius 1 is 0.956 bits per heavy atom. The molecule has 7 saturated carbocycles. The molecule has 2 aromatic rings. The molecule has 7 fully saturated rings. The number of nitrogens with zero attached hydrogens (tertiary/aromatic N) is 3. The van der Waals surface area contributed by atoms with E-state index < -0.39 is 18.4 Å². The summed E-state index contributed by atoms with van der Waals surface area (Å²) in [6.45, 7) is 0.645. The van der Waals surface area contributed by atoms with E-state index in [9.17, 15) is 23.5 Å². The number of rotatable bonds is 11. The second-order valence-corrected chi connectivity index (χ2v) is 14.9. The third kappa shape index (κ3) is 6.46. The van der Waals surface area contributed by atoms with E-state index in [1.807, 2.05) is 0 Å². The smallest absolute Gasteiger partial charge is 0.422 e. The third-order valence-electron chi connectivity index (χ3n) is 11.8. The van der Waals surface area contributed by atoms with E-state index in [0.29, 0.717) is 46.2 Å². The van der Waals surface area contributed by atoms with Crippen molar-refractivity contribution < 1.29 is 23.0 Å². The molecule has 1 heterocycles. The molecule has 2 atom stereocenters. The van der Waals surface area contributed by atoms with Gasteiger partial charge in [0.1, 0.15) is 23.2 Å². The van der Waals surface area contributed by atoms with E-state index in [2.05, 4.69) is 32.0 Å². The Morgan fingerprint density at radius 3 is 2.36 bits per heavy atom. The summed E-state index contributed by atoms with van der Waals surface area (Å²) in [5, 5.41) is 31.1. The lowest BCUT2D eigenvalue weighted by Gasteiger charge is -2.61. The van der Waals surface area contributed by atoms with Crippen LogP contribution in [0.3, 0.4) is 0 Å². The Bertz CT molecular complexity index is 1400. The number of aromatic nitrogens is 2. The molecule has 1 aromatic carbocycles. The average molecular weight is 625 g/mol. The number of aliphatic hydroxyl groups is 1. The SMILES string of the molecule is N#Cc1cnc(NCc2ccccc2OCC(F)(F)F)nc1NCC12CC3C[C@@H](C1)C(NCC14CCC(O)(CC1)CC4)[C@@H](C3)C2. The molecule has 45 heavy (non-hydrogen) atoms. The van der Waals surface area contributed by atoms with Gasteiger partial charge in [-0.05, 0) is 105 Å². The average Bonchev–Trinajstić information content (AvgIpc) is 3.02. The van der Waals surface area contributed by atoms with Crippen molar-refractivity contribution in [1.82, 2.24) is 15.3 Å². The first-order valence-electron chi connectivity index (χ1n) is 16.5. The van der Waals surface area contributed by atoms with Crippen LogP contribution in [0.2, 0.25) is 0 Å². The number of nitriles is 1. The van der Waals surface area contributed by atoms with Gasteiger partial charge in [0.05, 0.1) is 11.8 Å². The Balaban J connectivity index is 0.975. The highest BCUT2D eigenvalue weighted by molar-refractivity contribution is 5.53. The van der Waals surface area contributed by atoms with Crippen molar-refractivity contribution in [2.45, 2.75) is 95.0 Å². The van der Waals surface area contributed by atoms with Gasteiger partial charge in [0.2, 0.25) is 5.95 Å². The summed E-state index contributed by atoms with van der Waals surface area (Å²) in [6.07, 6.45) is 9.49. The van der Waals surface area contributed by atoms with Crippen molar-refractivity contribution in [3.63, 3.8) is 0 Å². The number of hydrogen-bond acceptors (Lipinski definition) is 8. The molecule has 4 N–H and O–H groups in total. The van der Waals surface area contributed by atoms with Crippen LogP contribution in [0.1, 0.15) is 81.8 Å². The number of ether oxygens (including phenoxy) is 1. The highest BCUT2D eigenvalue weighted by Gasteiger charge is 2.56. The number of fused-ring (bicyclic) bond motifs is 3. The Hall–Kier alpha value is -3.10.